The standard InChI is InChI=1S/C20H21ClN2O3/c1-13-6-5-7-15(11-17(13)21)23-19(24)10-14(2)16-8-3-4-9-18(16)22-12-20(25)26/h3-4,6-9,11,22H,2,5,10,12H2,1H3,(H,23,24)(H,25,26). The predicted octanol–water partition coefficient (Wildman–Crippen LogP) is 4.06. The molecule has 2 rings (SSSR count). The Hall–Kier alpha value is -2.79. The number of anilines is 1. The quantitative estimate of drug-likeness (QED) is 0.674. The summed E-state index contributed by atoms with van der Waals surface area (Å²) >= 11 is 6.16. The third-order valence-electron chi connectivity index (χ3n) is 3.82. The SMILES string of the molecule is C=C(CC(=O)NC1=CCC=C(C)C(Cl)=C1)c1ccccc1NCC(=O)O. The van der Waals surface area contributed by atoms with Crippen LogP contribution in [-0.4, -0.2) is 23.5 Å². The molecule has 3 N–H and O–H groups in total. The molecule has 5 nitrogen and oxygen atoms in total. The highest BCUT2D eigenvalue weighted by atomic mass is 35.5. The maximum absolute atomic E-state index is 12.4. The second kappa shape index (κ2) is 9.06. The van der Waals surface area contributed by atoms with Gasteiger partial charge >= 0.3 is 5.97 Å². The number of rotatable bonds is 7. The van der Waals surface area contributed by atoms with Gasteiger partial charge in [-0.3, -0.25) is 9.59 Å². The first kappa shape index (κ1) is 19.5. The van der Waals surface area contributed by atoms with Gasteiger partial charge in [-0.15, -0.1) is 0 Å². The number of allylic oxidation sites excluding steroid dienone is 5. The Morgan fingerprint density at radius 1 is 1.27 bits per heavy atom. The van der Waals surface area contributed by atoms with Crippen LogP contribution in [0.15, 0.2) is 65.4 Å². The zero-order valence-corrected chi connectivity index (χ0v) is 15.3. The molecular weight excluding hydrogens is 352 g/mol. The van der Waals surface area contributed by atoms with Crippen LogP contribution in [-0.2, 0) is 9.59 Å². The smallest absolute Gasteiger partial charge is 0.322 e. The number of benzene rings is 1. The zero-order chi connectivity index (χ0) is 19.1. The summed E-state index contributed by atoms with van der Waals surface area (Å²) in [6.07, 6.45) is 6.38. The number of carboxylic acid groups (broad SMARTS) is 1. The Morgan fingerprint density at radius 2 is 2.00 bits per heavy atom. The largest absolute Gasteiger partial charge is 0.480 e. The third-order valence-corrected chi connectivity index (χ3v) is 4.22. The van der Waals surface area contributed by atoms with Gasteiger partial charge in [0.15, 0.2) is 0 Å². The number of hydrogen-bond acceptors (Lipinski definition) is 3. The summed E-state index contributed by atoms with van der Waals surface area (Å²) in [5.74, 6) is -1.18. The number of carboxylic acids is 1. The lowest BCUT2D eigenvalue weighted by Gasteiger charge is -2.13. The van der Waals surface area contributed by atoms with Gasteiger partial charge in [0.1, 0.15) is 6.54 Å². The molecule has 0 aromatic heterocycles. The predicted molar refractivity (Wildman–Crippen MR) is 105 cm³/mol. The van der Waals surface area contributed by atoms with E-state index in [2.05, 4.69) is 17.2 Å². The highest BCUT2D eigenvalue weighted by molar-refractivity contribution is 6.32. The van der Waals surface area contributed by atoms with Crippen molar-refractivity contribution in [2.45, 2.75) is 19.8 Å². The van der Waals surface area contributed by atoms with E-state index < -0.39 is 5.97 Å². The molecule has 0 heterocycles. The minimum atomic E-state index is -0.962. The van der Waals surface area contributed by atoms with E-state index in [1.807, 2.05) is 25.1 Å². The number of carbonyl (C=O) groups is 2. The first-order chi connectivity index (χ1) is 12.4. The molecule has 0 unspecified atom stereocenters. The van der Waals surface area contributed by atoms with Gasteiger partial charge in [0, 0.05) is 22.0 Å². The number of amides is 1. The molecule has 136 valence electrons. The maximum Gasteiger partial charge on any atom is 0.322 e. The van der Waals surface area contributed by atoms with Gasteiger partial charge in [0.25, 0.3) is 0 Å². The molecule has 0 saturated carbocycles. The van der Waals surface area contributed by atoms with E-state index in [4.69, 9.17) is 16.7 Å². The second-order valence-electron chi connectivity index (χ2n) is 5.90. The average Bonchev–Trinajstić information content (AvgIpc) is 2.74. The highest BCUT2D eigenvalue weighted by Crippen LogP contribution is 2.25. The molecule has 0 spiro atoms. The minimum Gasteiger partial charge on any atom is -0.480 e. The number of para-hydroxylation sites is 1. The molecule has 26 heavy (non-hydrogen) atoms. The molecule has 0 saturated heterocycles. The first-order valence-electron chi connectivity index (χ1n) is 8.14. The molecule has 6 heteroatoms. The van der Waals surface area contributed by atoms with Gasteiger partial charge in [-0.1, -0.05) is 48.5 Å². The topological polar surface area (TPSA) is 78.4 Å². The summed E-state index contributed by atoms with van der Waals surface area (Å²) in [6.45, 7) is 5.68. The third kappa shape index (κ3) is 5.63. The summed E-state index contributed by atoms with van der Waals surface area (Å²) in [4.78, 5) is 23.1. The molecule has 1 aromatic carbocycles. The molecule has 0 aliphatic heterocycles. The number of aliphatic carboxylic acids is 1. The van der Waals surface area contributed by atoms with Crippen LogP contribution in [0.1, 0.15) is 25.3 Å². The molecule has 0 fully saturated rings. The minimum absolute atomic E-state index is 0.0843. The Labute approximate surface area is 157 Å². The van der Waals surface area contributed by atoms with Crippen molar-refractivity contribution in [1.29, 1.82) is 0 Å². The van der Waals surface area contributed by atoms with E-state index in [-0.39, 0.29) is 18.9 Å². The number of carbonyl (C=O) groups excluding carboxylic acids is 1. The van der Waals surface area contributed by atoms with Crippen LogP contribution in [0.3, 0.4) is 0 Å². The van der Waals surface area contributed by atoms with Crippen molar-refractivity contribution in [3.63, 3.8) is 0 Å². The summed E-state index contributed by atoms with van der Waals surface area (Å²) < 4.78 is 0. The molecular formula is C20H21ClN2O3. The lowest BCUT2D eigenvalue weighted by molar-refractivity contribution is -0.135. The fraction of sp³-hybridized carbons (Fsp3) is 0.200. The van der Waals surface area contributed by atoms with Crippen molar-refractivity contribution in [2.24, 2.45) is 0 Å². The summed E-state index contributed by atoms with van der Waals surface area (Å²) in [6, 6.07) is 7.16. The fourth-order valence-corrected chi connectivity index (χ4v) is 2.66. The van der Waals surface area contributed by atoms with Crippen molar-refractivity contribution in [3.05, 3.63) is 70.9 Å². The Morgan fingerprint density at radius 3 is 2.73 bits per heavy atom. The van der Waals surface area contributed by atoms with Crippen LogP contribution in [0.4, 0.5) is 5.69 Å². The summed E-state index contributed by atoms with van der Waals surface area (Å²) in [7, 11) is 0. The lowest BCUT2D eigenvalue weighted by Crippen LogP contribution is -2.22. The molecule has 1 aromatic rings. The number of nitrogens with one attached hydrogen (secondary N) is 2. The van der Waals surface area contributed by atoms with Crippen molar-refractivity contribution in [3.8, 4) is 0 Å². The van der Waals surface area contributed by atoms with E-state index in [1.165, 1.54) is 0 Å². The molecule has 0 bridgehead atoms. The van der Waals surface area contributed by atoms with Gasteiger partial charge in [0.2, 0.25) is 5.91 Å². The van der Waals surface area contributed by atoms with Crippen molar-refractivity contribution < 1.29 is 14.7 Å². The Bertz CT molecular complexity index is 822. The van der Waals surface area contributed by atoms with E-state index in [9.17, 15) is 9.59 Å². The molecule has 0 atom stereocenters. The number of halogens is 1. The van der Waals surface area contributed by atoms with E-state index >= 15 is 0 Å². The lowest BCUT2D eigenvalue weighted by atomic mass is 10.0. The van der Waals surface area contributed by atoms with Crippen molar-refractivity contribution in [1.82, 2.24) is 5.32 Å². The Balaban J connectivity index is 2.03. The van der Waals surface area contributed by atoms with Crippen molar-refractivity contribution >= 4 is 34.7 Å². The Kier molecular flexibility index (Phi) is 6.81. The van der Waals surface area contributed by atoms with E-state index in [1.54, 1.807) is 24.3 Å². The molecule has 0 radical (unpaired) electrons. The fourth-order valence-electron chi connectivity index (χ4n) is 2.47. The molecule has 1 amide bonds. The molecule has 1 aliphatic carbocycles. The van der Waals surface area contributed by atoms with Gasteiger partial charge in [-0.2, -0.15) is 0 Å². The van der Waals surface area contributed by atoms with Crippen LogP contribution < -0.4 is 10.6 Å². The van der Waals surface area contributed by atoms with E-state index in [0.717, 1.165) is 5.57 Å². The van der Waals surface area contributed by atoms with Crippen LogP contribution in [0.25, 0.3) is 5.57 Å². The maximum atomic E-state index is 12.4. The van der Waals surface area contributed by atoms with Crippen LogP contribution in [0.5, 0.6) is 0 Å². The average molecular weight is 373 g/mol. The summed E-state index contributed by atoms with van der Waals surface area (Å²) in [5, 5.41) is 15.1. The first-order valence-corrected chi connectivity index (χ1v) is 8.52. The zero-order valence-electron chi connectivity index (χ0n) is 14.5. The number of hydrogen-bond donors (Lipinski definition) is 3. The van der Waals surface area contributed by atoms with Crippen LogP contribution in [0, 0.1) is 0 Å². The van der Waals surface area contributed by atoms with Crippen molar-refractivity contribution in [2.75, 3.05) is 11.9 Å². The molecule has 1 aliphatic rings. The van der Waals surface area contributed by atoms with E-state index in [0.29, 0.717) is 34.0 Å². The highest BCUT2D eigenvalue weighted by Gasteiger charge is 2.12. The normalized spacial score (nSPS) is 13.7. The van der Waals surface area contributed by atoms with Crippen LogP contribution >= 0.6 is 11.6 Å². The summed E-state index contributed by atoms with van der Waals surface area (Å²) in [5.41, 5.74) is 3.55. The van der Waals surface area contributed by atoms with Gasteiger partial charge < -0.3 is 15.7 Å². The van der Waals surface area contributed by atoms with Gasteiger partial charge in [-0.25, -0.2) is 0 Å². The second-order valence-corrected chi connectivity index (χ2v) is 6.30. The monoisotopic (exact) mass is 372 g/mol. The van der Waals surface area contributed by atoms with Crippen LogP contribution in [0.2, 0.25) is 0 Å². The van der Waals surface area contributed by atoms with Gasteiger partial charge in [-0.05, 0) is 36.6 Å². The van der Waals surface area contributed by atoms with Gasteiger partial charge in [0.05, 0.1) is 6.42 Å².